The molecular weight excluding hydrogens is 177 g/mol. The lowest BCUT2D eigenvalue weighted by Crippen LogP contribution is -2.32. The van der Waals surface area contributed by atoms with Crippen LogP contribution in [0.4, 0.5) is 4.39 Å². The maximum atomic E-state index is 13.1. The smallest absolute Gasteiger partial charge is 0.123 e. The molecule has 1 aromatic carbocycles. The fourth-order valence-corrected chi connectivity index (χ4v) is 2.98. The molecule has 2 unspecified atom stereocenters. The summed E-state index contributed by atoms with van der Waals surface area (Å²) >= 11 is 0. The van der Waals surface area contributed by atoms with Crippen molar-refractivity contribution in [2.24, 2.45) is 0 Å². The minimum Gasteiger partial charge on any atom is -0.313 e. The molecule has 2 bridgehead atoms. The van der Waals surface area contributed by atoms with Crippen molar-refractivity contribution in [1.29, 1.82) is 0 Å². The van der Waals surface area contributed by atoms with Gasteiger partial charge in [-0.1, -0.05) is 12.1 Å². The second kappa shape index (κ2) is 2.80. The first-order chi connectivity index (χ1) is 6.78. The van der Waals surface area contributed by atoms with E-state index in [1.54, 1.807) is 6.07 Å². The van der Waals surface area contributed by atoms with E-state index < -0.39 is 0 Å². The second-order valence-corrected chi connectivity index (χ2v) is 4.61. The van der Waals surface area contributed by atoms with Crippen LogP contribution in [0.1, 0.15) is 24.8 Å². The fraction of sp³-hybridized carbons (Fsp3) is 0.500. The van der Waals surface area contributed by atoms with Crippen LogP contribution in [0.15, 0.2) is 24.3 Å². The van der Waals surface area contributed by atoms with Gasteiger partial charge in [0.25, 0.3) is 0 Å². The van der Waals surface area contributed by atoms with Gasteiger partial charge in [-0.3, -0.25) is 0 Å². The number of benzene rings is 1. The molecule has 1 N–H and O–H groups in total. The van der Waals surface area contributed by atoms with E-state index >= 15 is 0 Å². The molecule has 1 nitrogen and oxygen atoms in total. The molecule has 1 aromatic rings. The van der Waals surface area contributed by atoms with Crippen molar-refractivity contribution in [2.45, 2.75) is 30.7 Å². The Balaban J connectivity index is 2.02. The van der Waals surface area contributed by atoms with E-state index in [-0.39, 0.29) is 11.2 Å². The van der Waals surface area contributed by atoms with Gasteiger partial charge in [-0.05, 0) is 37.0 Å². The van der Waals surface area contributed by atoms with Crippen LogP contribution in [-0.2, 0) is 5.41 Å². The normalized spacial score (nSPS) is 35.1. The van der Waals surface area contributed by atoms with Gasteiger partial charge < -0.3 is 5.32 Å². The zero-order valence-electron chi connectivity index (χ0n) is 8.09. The summed E-state index contributed by atoms with van der Waals surface area (Å²) < 4.78 is 13.1. The van der Waals surface area contributed by atoms with E-state index in [9.17, 15) is 4.39 Å². The third-order valence-corrected chi connectivity index (χ3v) is 3.77. The molecule has 0 aromatic heterocycles. The molecule has 1 aliphatic carbocycles. The molecule has 0 radical (unpaired) electrons. The average molecular weight is 191 g/mol. The minimum absolute atomic E-state index is 0.104. The maximum Gasteiger partial charge on any atom is 0.123 e. The van der Waals surface area contributed by atoms with Crippen LogP contribution in [0.25, 0.3) is 0 Å². The number of hydrogen-bond donors (Lipinski definition) is 1. The lowest BCUT2D eigenvalue weighted by atomic mass is 9.80. The Labute approximate surface area is 83.3 Å². The Bertz CT molecular complexity index is 353. The molecule has 1 saturated heterocycles. The summed E-state index contributed by atoms with van der Waals surface area (Å²) in [4.78, 5) is 0. The van der Waals surface area contributed by atoms with Gasteiger partial charge in [-0.2, -0.15) is 0 Å². The molecule has 1 aliphatic heterocycles. The van der Waals surface area contributed by atoms with Gasteiger partial charge in [0.2, 0.25) is 0 Å². The third kappa shape index (κ3) is 1.10. The van der Waals surface area contributed by atoms with Crippen molar-refractivity contribution < 1.29 is 4.39 Å². The summed E-state index contributed by atoms with van der Waals surface area (Å²) in [6.45, 7) is 1.03. The van der Waals surface area contributed by atoms with E-state index in [4.69, 9.17) is 0 Å². The highest BCUT2D eigenvalue weighted by atomic mass is 19.1. The topological polar surface area (TPSA) is 12.0 Å². The first-order valence-electron chi connectivity index (χ1n) is 5.28. The first kappa shape index (κ1) is 8.42. The number of rotatable bonds is 1. The molecule has 0 spiro atoms. The third-order valence-electron chi connectivity index (χ3n) is 3.77. The quantitative estimate of drug-likeness (QED) is 0.717. The van der Waals surface area contributed by atoms with E-state index in [2.05, 4.69) is 11.4 Å². The van der Waals surface area contributed by atoms with Crippen molar-refractivity contribution in [3.05, 3.63) is 35.6 Å². The molecular formula is C12H14FN. The summed E-state index contributed by atoms with van der Waals surface area (Å²) in [5.41, 5.74) is 1.43. The van der Waals surface area contributed by atoms with Crippen LogP contribution in [-0.4, -0.2) is 12.6 Å². The van der Waals surface area contributed by atoms with Crippen molar-refractivity contribution in [3.8, 4) is 0 Å². The van der Waals surface area contributed by atoms with Gasteiger partial charge in [-0.15, -0.1) is 0 Å². The highest BCUT2D eigenvalue weighted by Gasteiger charge is 2.45. The Hall–Kier alpha value is -0.890. The average Bonchev–Trinajstić information content (AvgIpc) is 2.78. The molecule has 2 fully saturated rings. The Morgan fingerprint density at radius 3 is 2.93 bits per heavy atom. The van der Waals surface area contributed by atoms with E-state index in [0.29, 0.717) is 6.04 Å². The van der Waals surface area contributed by atoms with Crippen LogP contribution in [0.2, 0.25) is 0 Å². The zero-order chi connectivity index (χ0) is 9.60. The predicted molar refractivity (Wildman–Crippen MR) is 53.7 cm³/mol. The molecule has 3 rings (SSSR count). The molecule has 2 aliphatic rings. The van der Waals surface area contributed by atoms with Gasteiger partial charge in [0.1, 0.15) is 5.82 Å². The van der Waals surface area contributed by atoms with Crippen molar-refractivity contribution in [3.63, 3.8) is 0 Å². The lowest BCUT2D eigenvalue weighted by molar-refractivity contribution is 0.436. The molecule has 2 atom stereocenters. The molecule has 14 heavy (non-hydrogen) atoms. The second-order valence-electron chi connectivity index (χ2n) is 4.61. The van der Waals surface area contributed by atoms with Gasteiger partial charge in [0.15, 0.2) is 0 Å². The van der Waals surface area contributed by atoms with Crippen molar-refractivity contribution in [1.82, 2.24) is 5.32 Å². The van der Waals surface area contributed by atoms with Crippen LogP contribution >= 0.6 is 0 Å². The molecule has 1 saturated carbocycles. The summed E-state index contributed by atoms with van der Waals surface area (Å²) in [6, 6.07) is 7.80. The summed E-state index contributed by atoms with van der Waals surface area (Å²) in [5, 5.41) is 3.49. The van der Waals surface area contributed by atoms with E-state index in [1.807, 2.05) is 6.07 Å². The molecule has 1 heterocycles. The van der Waals surface area contributed by atoms with Crippen LogP contribution < -0.4 is 5.32 Å². The lowest BCUT2D eigenvalue weighted by Gasteiger charge is -2.26. The number of fused-ring (bicyclic) bond motifs is 2. The number of halogens is 1. The molecule has 0 amide bonds. The number of hydrogen-bond acceptors (Lipinski definition) is 1. The zero-order valence-corrected chi connectivity index (χ0v) is 8.09. The minimum atomic E-state index is -0.104. The Kier molecular flexibility index (Phi) is 1.68. The first-order valence-corrected chi connectivity index (χ1v) is 5.28. The van der Waals surface area contributed by atoms with Gasteiger partial charge in [-0.25, -0.2) is 4.39 Å². The van der Waals surface area contributed by atoms with Crippen molar-refractivity contribution >= 4 is 0 Å². The van der Waals surface area contributed by atoms with Crippen LogP contribution in [0, 0.1) is 5.82 Å². The monoisotopic (exact) mass is 191 g/mol. The molecule has 74 valence electrons. The van der Waals surface area contributed by atoms with E-state index in [0.717, 1.165) is 6.54 Å². The van der Waals surface area contributed by atoms with Gasteiger partial charge >= 0.3 is 0 Å². The van der Waals surface area contributed by atoms with E-state index in [1.165, 1.54) is 30.9 Å². The Morgan fingerprint density at radius 2 is 2.36 bits per heavy atom. The highest BCUT2D eigenvalue weighted by molar-refractivity contribution is 5.31. The molecule has 2 heteroatoms. The summed E-state index contributed by atoms with van der Waals surface area (Å²) in [6.07, 6.45) is 3.65. The number of piperidine rings is 1. The largest absolute Gasteiger partial charge is 0.313 e. The summed E-state index contributed by atoms with van der Waals surface area (Å²) in [7, 11) is 0. The predicted octanol–water partition coefficient (Wildman–Crippen LogP) is 2.22. The fourth-order valence-electron chi connectivity index (χ4n) is 2.98. The van der Waals surface area contributed by atoms with Gasteiger partial charge in [0, 0.05) is 18.0 Å². The number of nitrogens with one attached hydrogen (secondary N) is 1. The maximum absolute atomic E-state index is 13.1. The highest BCUT2D eigenvalue weighted by Crippen LogP contribution is 2.45. The van der Waals surface area contributed by atoms with Gasteiger partial charge in [0.05, 0.1) is 0 Å². The SMILES string of the molecule is Fc1cccc(C23CCC(C2)NC3)c1. The van der Waals surface area contributed by atoms with Crippen LogP contribution in [0.3, 0.4) is 0 Å². The standard InChI is InChI=1S/C12H14FN/c13-10-3-1-2-9(6-10)12-5-4-11(7-12)14-8-12/h1-3,6,11,14H,4-5,7-8H2. The Morgan fingerprint density at radius 1 is 1.43 bits per heavy atom. The van der Waals surface area contributed by atoms with Crippen molar-refractivity contribution in [2.75, 3.05) is 6.54 Å². The summed E-state index contributed by atoms with van der Waals surface area (Å²) in [5.74, 6) is -0.104. The van der Waals surface area contributed by atoms with Crippen LogP contribution in [0.5, 0.6) is 0 Å².